The lowest BCUT2D eigenvalue weighted by atomic mass is 9.94. The second-order valence-corrected chi connectivity index (χ2v) is 4.94. The normalized spacial score (nSPS) is 17.4. The van der Waals surface area contributed by atoms with Crippen molar-refractivity contribution in [2.75, 3.05) is 17.7 Å². The molecule has 0 aromatic heterocycles. The van der Waals surface area contributed by atoms with Crippen molar-refractivity contribution in [3.8, 4) is 0 Å². The molecule has 1 aromatic carbocycles. The SMILES string of the molecule is Cc1cc(N(C)C2CCCCC2)ccc1N. The summed E-state index contributed by atoms with van der Waals surface area (Å²) in [6.45, 7) is 2.08. The Balaban J connectivity index is 2.12. The van der Waals surface area contributed by atoms with Crippen LogP contribution in [0.1, 0.15) is 37.7 Å². The average Bonchev–Trinajstić information content (AvgIpc) is 2.33. The van der Waals surface area contributed by atoms with Crippen LogP contribution in [-0.2, 0) is 0 Å². The molecule has 1 fully saturated rings. The van der Waals surface area contributed by atoms with Crippen LogP contribution in [-0.4, -0.2) is 13.1 Å². The Hall–Kier alpha value is -1.18. The Bertz CT molecular complexity index is 354. The lowest BCUT2D eigenvalue weighted by molar-refractivity contribution is 0.427. The van der Waals surface area contributed by atoms with Crippen LogP contribution in [0.25, 0.3) is 0 Å². The third-order valence-corrected chi connectivity index (χ3v) is 3.78. The lowest BCUT2D eigenvalue weighted by Gasteiger charge is -2.33. The van der Waals surface area contributed by atoms with Crippen molar-refractivity contribution in [2.24, 2.45) is 0 Å². The van der Waals surface area contributed by atoms with E-state index in [1.807, 2.05) is 6.07 Å². The number of hydrogen-bond donors (Lipinski definition) is 1. The van der Waals surface area contributed by atoms with Crippen molar-refractivity contribution in [2.45, 2.75) is 45.1 Å². The van der Waals surface area contributed by atoms with Crippen molar-refractivity contribution in [1.29, 1.82) is 0 Å². The first kappa shape index (κ1) is 11.3. The first-order valence-corrected chi connectivity index (χ1v) is 6.27. The van der Waals surface area contributed by atoms with Crippen LogP contribution in [0.2, 0.25) is 0 Å². The molecule has 0 unspecified atom stereocenters. The van der Waals surface area contributed by atoms with E-state index < -0.39 is 0 Å². The average molecular weight is 218 g/mol. The van der Waals surface area contributed by atoms with Gasteiger partial charge in [0.2, 0.25) is 0 Å². The van der Waals surface area contributed by atoms with Crippen molar-refractivity contribution < 1.29 is 0 Å². The van der Waals surface area contributed by atoms with E-state index >= 15 is 0 Å². The van der Waals surface area contributed by atoms with Gasteiger partial charge in [-0.05, 0) is 43.5 Å². The maximum Gasteiger partial charge on any atom is 0.0370 e. The highest BCUT2D eigenvalue weighted by Gasteiger charge is 2.18. The molecule has 0 saturated heterocycles. The van der Waals surface area contributed by atoms with E-state index in [1.165, 1.54) is 43.4 Å². The standard InChI is InChI=1S/C14H22N2/c1-11-10-13(8-9-14(11)15)16(2)12-6-4-3-5-7-12/h8-10,12H,3-7,15H2,1-2H3. The van der Waals surface area contributed by atoms with Crippen molar-refractivity contribution >= 4 is 11.4 Å². The number of nitrogens with zero attached hydrogens (tertiary/aromatic N) is 1. The van der Waals surface area contributed by atoms with Gasteiger partial charge in [0, 0.05) is 24.5 Å². The fourth-order valence-corrected chi connectivity index (χ4v) is 2.56. The largest absolute Gasteiger partial charge is 0.399 e. The van der Waals surface area contributed by atoms with Crippen molar-refractivity contribution in [3.63, 3.8) is 0 Å². The summed E-state index contributed by atoms with van der Waals surface area (Å²) in [5.74, 6) is 0. The van der Waals surface area contributed by atoms with Gasteiger partial charge in [-0.25, -0.2) is 0 Å². The topological polar surface area (TPSA) is 29.3 Å². The maximum atomic E-state index is 5.85. The van der Waals surface area contributed by atoms with Crippen LogP contribution in [0, 0.1) is 6.92 Å². The second kappa shape index (κ2) is 4.77. The number of aryl methyl sites for hydroxylation is 1. The number of rotatable bonds is 2. The number of nitrogens with two attached hydrogens (primary N) is 1. The highest BCUT2D eigenvalue weighted by Crippen LogP contribution is 2.27. The molecule has 2 nitrogen and oxygen atoms in total. The minimum Gasteiger partial charge on any atom is -0.399 e. The summed E-state index contributed by atoms with van der Waals surface area (Å²) >= 11 is 0. The van der Waals surface area contributed by atoms with Gasteiger partial charge in [-0.1, -0.05) is 19.3 Å². The Kier molecular flexibility index (Phi) is 3.37. The smallest absolute Gasteiger partial charge is 0.0370 e. The number of benzene rings is 1. The van der Waals surface area contributed by atoms with E-state index in [4.69, 9.17) is 5.73 Å². The monoisotopic (exact) mass is 218 g/mol. The summed E-state index contributed by atoms with van der Waals surface area (Å²) in [5, 5.41) is 0. The lowest BCUT2D eigenvalue weighted by Crippen LogP contribution is -2.33. The van der Waals surface area contributed by atoms with Gasteiger partial charge in [0.1, 0.15) is 0 Å². The predicted molar refractivity (Wildman–Crippen MR) is 70.9 cm³/mol. The van der Waals surface area contributed by atoms with Crippen molar-refractivity contribution in [1.82, 2.24) is 0 Å². The third kappa shape index (κ3) is 2.31. The Morgan fingerprint density at radius 1 is 1.19 bits per heavy atom. The first-order valence-electron chi connectivity index (χ1n) is 6.27. The van der Waals surface area contributed by atoms with Crippen LogP contribution in [0.4, 0.5) is 11.4 Å². The van der Waals surface area contributed by atoms with E-state index in [9.17, 15) is 0 Å². The van der Waals surface area contributed by atoms with Crippen LogP contribution in [0.5, 0.6) is 0 Å². The molecule has 0 bridgehead atoms. The van der Waals surface area contributed by atoms with Crippen LogP contribution >= 0.6 is 0 Å². The highest BCUT2D eigenvalue weighted by molar-refractivity contribution is 5.58. The van der Waals surface area contributed by atoms with Gasteiger partial charge in [-0.2, -0.15) is 0 Å². The molecule has 0 radical (unpaired) electrons. The van der Waals surface area contributed by atoms with Crippen LogP contribution < -0.4 is 10.6 Å². The zero-order valence-corrected chi connectivity index (χ0v) is 10.4. The molecule has 88 valence electrons. The highest BCUT2D eigenvalue weighted by atomic mass is 15.1. The number of nitrogen functional groups attached to an aromatic ring is 1. The molecular formula is C14H22N2. The molecule has 1 aliphatic rings. The van der Waals surface area contributed by atoms with E-state index in [2.05, 4.69) is 31.0 Å². The van der Waals surface area contributed by atoms with Gasteiger partial charge < -0.3 is 10.6 Å². The predicted octanol–water partition coefficient (Wildman–Crippen LogP) is 3.35. The number of anilines is 2. The molecular weight excluding hydrogens is 196 g/mol. The molecule has 0 atom stereocenters. The molecule has 0 aliphatic heterocycles. The fraction of sp³-hybridized carbons (Fsp3) is 0.571. The Labute approximate surface area is 98.4 Å². The first-order chi connectivity index (χ1) is 7.68. The molecule has 16 heavy (non-hydrogen) atoms. The molecule has 1 aliphatic carbocycles. The third-order valence-electron chi connectivity index (χ3n) is 3.78. The van der Waals surface area contributed by atoms with E-state index in [-0.39, 0.29) is 0 Å². The van der Waals surface area contributed by atoms with Gasteiger partial charge >= 0.3 is 0 Å². The summed E-state index contributed by atoms with van der Waals surface area (Å²) < 4.78 is 0. The van der Waals surface area contributed by atoms with Crippen LogP contribution in [0.3, 0.4) is 0 Å². The quantitative estimate of drug-likeness (QED) is 0.771. The molecule has 0 heterocycles. The molecule has 2 rings (SSSR count). The molecule has 0 spiro atoms. The second-order valence-electron chi connectivity index (χ2n) is 4.94. The zero-order valence-electron chi connectivity index (χ0n) is 10.4. The summed E-state index contributed by atoms with van der Waals surface area (Å²) in [6.07, 6.45) is 6.83. The van der Waals surface area contributed by atoms with Gasteiger partial charge in [0.15, 0.2) is 0 Å². The van der Waals surface area contributed by atoms with Crippen molar-refractivity contribution in [3.05, 3.63) is 23.8 Å². The fourth-order valence-electron chi connectivity index (χ4n) is 2.56. The van der Waals surface area contributed by atoms with E-state index in [0.29, 0.717) is 0 Å². The molecule has 1 saturated carbocycles. The number of hydrogen-bond acceptors (Lipinski definition) is 2. The minimum atomic E-state index is 0.719. The molecule has 2 heteroatoms. The van der Waals surface area contributed by atoms with E-state index in [1.54, 1.807) is 0 Å². The Morgan fingerprint density at radius 2 is 1.88 bits per heavy atom. The van der Waals surface area contributed by atoms with Gasteiger partial charge in [-0.15, -0.1) is 0 Å². The summed E-state index contributed by atoms with van der Waals surface area (Å²) in [7, 11) is 2.21. The summed E-state index contributed by atoms with van der Waals surface area (Å²) in [4.78, 5) is 2.42. The maximum absolute atomic E-state index is 5.85. The Morgan fingerprint density at radius 3 is 2.50 bits per heavy atom. The molecule has 0 amide bonds. The van der Waals surface area contributed by atoms with Gasteiger partial charge in [-0.3, -0.25) is 0 Å². The van der Waals surface area contributed by atoms with Gasteiger partial charge in [0.25, 0.3) is 0 Å². The van der Waals surface area contributed by atoms with E-state index in [0.717, 1.165) is 11.7 Å². The van der Waals surface area contributed by atoms with Crippen LogP contribution in [0.15, 0.2) is 18.2 Å². The molecule has 1 aromatic rings. The summed E-state index contributed by atoms with van der Waals surface area (Å²) in [6, 6.07) is 7.07. The summed E-state index contributed by atoms with van der Waals surface area (Å²) in [5.41, 5.74) is 9.22. The minimum absolute atomic E-state index is 0.719. The van der Waals surface area contributed by atoms with Gasteiger partial charge in [0.05, 0.1) is 0 Å². The zero-order chi connectivity index (χ0) is 11.5. The molecule has 2 N–H and O–H groups in total.